The number of nitrogens with zero attached hydrogens (tertiary/aromatic N) is 1. The van der Waals surface area contributed by atoms with Crippen molar-refractivity contribution in [3.8, 4) is 0 Å². The fourth-order valence-corrected chi connectivity index (χ4v) is 4.15. The largest absolute Gasteiger partial charge is 0.384 e. The molecule has 0 spiro atoms. The van der Waals surface area contributed by atoms with Gasteiger partial charge in [-0.05, 0) is 36.0 Å². The fraction of sp³-hybridized carbons (Fsp3) is 0.652. The maximum atomic E-state index is 13.3. The van der Waals surface area contributed by atoms with Crippen LogP contribution in [0.4, 0.5) is 0 Å². The SMILES string of the molecule is CC(C)C(O)C(=O)N[C@@H](C(=O)N1CC[C@](O)(c2ccc(Cl)cc2)C(C)(C)C1)C(C)C. The van der Waals surface area contributed by atoms with Gasteiger partial charge in [0.1, 0.15) is 12.1 Å². The number of benzene rings is 1. The minimum atomic E-state index is -1.16. The van der Waals surface area contributed by atoms with E-state index in [0.29, 0.717) is 24.5 Å². The number of halogens is 1. The van der Waals surface area contributed by atoms with E-state index in [1.54, 1.807) is 30.9 Å². The Balaban J connectivity index is 2.19. The smallest absolute Gasteiger partial charge is 0.249 e. The summed E-state index contributed by atoms with van der Waals surface area (Å²) in [6, 6.07) is 6.43. The van der Waals surface area contributed by atoms with Gasteiger partial charge in [-0.25, -0.2) is 0 Å². The molecule has 30 heavy (non-hydrogen) atoms. The van der Waals surface area contributed by atoms with Gasteiger partial charge in [0, 0.05) is 23.5 Å². The van der Waals surface area contributed by atoms with Gasteiger partial charge in [0.05, 0.1) is 5.60 Å². The molecule has 1 unspecified atom stereocenters. The highest BCUT2D eigenvalue weighted by Crippen LogP contribution is 2.46. The van der Waals surface area contributed by atoms with Crippen LogP contribution in [0.5, 0.6) is 0 Å². The van der Waals surface area contributed by atoms with E-state index in [0.717, 1.165) is 5.56 Å². The van der Waals surface area contributed by atoms with E-state index in [4.69, 9.17) is 11.6 Å². The summed E-state index contributed by atoms with van der Waals surface area (Å²) >= 11 is 5.99. The van der Waals surface area contributed by atoms with E-state index < -0.39 is 29.1 Å². The number of amides is 2. The molecule has 0 aliphatic carbocycles. The van der Waals surface area contributed by atoms with Crippen molar-refractivity contribution in [2.45, 2.75) is 65.7 Å². The molecule has 0 radical (unpaired) electrons. The third-order valence-corrected chi connectivity index (χ3v) is 6.47. The van der Waals surface area contributed by atoms with Crippen LogP contribution >= 0.6 is 11.6 Å². The summed E-state index contributed by atoms with van der Waals surface area (Å²) in [5, 5.41) is 24.9. The minimum absolute atomic E-state index is 0.138. The molecule has 2 rings (SSSR count). The highest BCUT2D eigenvalue weighted by Gasteiger charge is 2.50. The zero-order chi connectivity index (χ0) is 22.9. The summed E-state index contributed by atoms with van der Waals surface area (Å²) in [4.78, 5) is 27.3. The Labute approximate surface area is 184 Å². The van der Waals surface area contributed by atoms with Crippen LogP contribution in [-0.2, 0) is 15.2 Å². The van der Waals surface area contributed by atoms with Crippen LogP contribution in [-0.4, -0.2) is 52.2 Å². The molecule has 1 aliphatic rings. The lowest BCUT2D eigenvalue weighted by atomic mass is 9.66. The molecule has 1 saturated heterocycles. The Morgan fingerprint density at radius 1 is 1.10 bits per heavy atom. The Morgan fingerprint density at radius 3 is 2.13 bits per heavy atom. The number of aliphatic hydroxyl groups is 2. The van der Waals surface area contributed by atoms with Gasteiger partial charge in [0.25, 0.3) is 0 Å². The van der Waals surface area contributed by atoms with Crippen molar-refractivity contribution in [3.05, 3.63) is 34.9 Å². The molecule has 6 nitrogen and oxygen atoms in total. The van der Waals surface area contributed by atoms with Crippen LogP contribution < -0.4 is 5.32 Å². The maximum absolute atomic E-state index is 13.3. The minimum Gasteiger partial charge on any atom is -0.384 e. The van der Waals surface area contributed by atoms with Crippen molar-refractivity contribution in [3.63, 3.8) is 0 Å². The van der Waals surface area contributed by atoms with Crippen LogP contribution in [0.15, 0.2) is 24.3 Å². The lowest BCUT2D eigenvalue weighted by Gasteiger charge is -2.51. The van der Waals surface area contributed by atoms with E-state index in [-0.39, 0.29) is 17.7 Å². The van der Waals surface area contributed by atoms with E-state index in [1.807, 2.05) is 39.8 Å². The second kappa shape index (κ2) is 9.25. The molecule has 168 valence electrons. The number of carbonyl (C=O) groups excluding carboxylic acids is 2. The molecule has 1 aromatic carbocycles. The monoisotopic (exact) mass is 438 g/mol. The number of piperidine rings is 1. The second-order valence-corrected chi connectivity index (χ2v) is 10.1. The first-order chi connectivity index (χ1) is 13.8. The summed E-state index contributed by atoms with van der Waals surface area (Å²) in [5.74, 6) is -1.11. The molecule has 3 atom stereocenters. The predicted molar refractivity (Wildman–Crippen MR) is 118 cm³/mol. The van der Waals surface area contributed by atoms with Crippen molar-refractivity contribution >= 4 is 23.4 Å². The Morgan fingerprint density at radius 2 is 1.67 bits per heavy atom. The molecule has 0 saturated carbocycles. The number of hydrogen-bond acceptors (Lipinski definition) is 4. The van der Waals surface area contributed by atoms with Crippen molar-refractivity contribution in [2.75, 3.05) is 13.1 Å². The number of rotatable bonds is 6. The molecule has 3 N–H and O–H groups in total. The summed E-state index contributed by atoms with van der Waals surface area (Å²) in [5.41, 5.74) is -0.936. The lowest BCUT2D eigenvalue weighted by molar-refractivity contribution is -0.157. The normalized spacial score (nSPS) is 23.4. The van der Waals surface area contributed by atoms with E-state index in [1.165, 1.54) is 0 Å². The number of aliphatic hydroxyl groups excluding tert-OH is 1. The third-order valence-electron chi connectivity index (χ3n) is 6.21. The van der Waals surface area contributed by atoms with Crippen molar-refractivity contribution in [1.29, 1.82) is 0 Å². The summed E-state index contributed by atoms with van der Waals surface area (Å²) in [6.45, 7) is 11.8. The number of carbonyl (C=O) groups is 2. The molecule has 0 aromatic heterocycles. The van der Waals surface area contributed by atoms with E-state index >= 15 is 0 Å². The van der Waals surface area contributed by atoms with Crippen LogP contribution in [0.2, 0.25) is 5.02 Å². The number of nitrogens with one attached hydrogen (secondary N) is 1. The average molecular weight is 439 g/mol. The second-order valence-electron chi connectivity index (χ2n) is 9.68. The predicted octanol–water partition coefficient (Wildman–Crippen LogP) is 2.94. The number of hydrogen-bond donors (Lipinski definition) is 3. The van der Waals surface area contributed by atoms with Crippen LogP contribution in [0.1, 0.15) is 53.5 Å². The summed E-state index contributed by atoms with van der Waals surface area (Å²) in [7, 11) is 0. The Kier molecular flexibility index (Phi) is 7.59. The molecular weight excluding hydrogens is 404 g/mol. The first-order valence-corrected chi connectivity index (χ1v) is 10.9. The van der Waals surface area contributed by atoms with Gasteiger partial charge in [-0.15, -0.1) is 0 Å². The van der Waals surface area contributed by atoms with Gasteiger partial charge >= 0.3 is 0 Å². The Hall–Kier alpha value is -1.63. The van der Waals surface area contributed by atoms with Crippen LogP contribution in [0.3, 0.4) is 0 Å². The molecule has 1 aromatic rings. The summed E-state index contributed by atoms with van der Waals surface area (Å²) in [6.07, 6.45) is -0.785. The molecule has 1 fully saturated rings. The van der Waals surface area contributed by atoms with E-state index in [2.05, 4.69) is 5.32 Å². The molecule has 1 heterocycles. The van der Waals surface area contributed by atoms with Crippen molar-refractivity contribution < 1.29 is 19.8 Å². The molecule has 0 bridgehead atoms. The third kappa shape index (κ3) is 4.98. The van der Waals surface area contributed by atoms with Crippen LogP contribution in [0, 0.1) is 17.3 Å². The number of likely N-dealkylation sites (tertiary alicyclic amines) is 1. The lowest BCUT2D eigenvalue weighted by Crippen LogP contribution is -2.61. The molecular formula is C23H35ClN2O4. The zero-order valence-corrected chi connectivity index (χ0v) is 19.5. The quantitative estimate of drug-likeness (QED) is 0.637. The van der Waals surface area contributed by atoms with Crippen molar-refractivity contribution in [2.24, 2.45) is 17.3 Å². The molecule has 2 amide bonds. The van der Waals surface area contributed by atoms with Crippen molar-refractivity contribution in [1.82, 2.24) is 10.2 Å². The van der Waals surface area contributed by atoms with Gasteiger partial charge in [-0.3, -0.25) is 9.59 Å². The molecule has 1 aliphatic heterocycles. The molecule has 7 heteroatoms. The van der Waals surface area contributed by atoms with Gasteiger partial charge in [0.15, 0.2) is 0 Å². The standard InChI is InChI=1S/C23H35ClN2O4/c1-14(2)18(25-20(28)19(27)15(3)4)21(29)26-12-11-23(30,22(5,6)13-26)16-7-9-17(24)10-8-16/h7-10,14-15,18-19,27,30H,11-13H2,1-6H3,(H,25,28)/t18-,19?,23+/m1/s1. The topological polar surface area (TPSA) is 89.9 Å². The zero-order valence-electron chi connectivity index (χ0n) is 18.8. The van der Waals surface area contributed by atoms with E-state index in [9.17, 15) is 19.8 Å². The van der Waals surface area contributed by atoms with Gasteiger partial charge in [0.2, 0.25) is 11.8 Å². The first kappa shape index (κ1) is 24.6. The highest BCUT2D eigenvalue weighted by atomic mass is 35.5. The Bertz CT molecular complexity index is 763. The van der Waals surface area contributed by atoms with Gasteiger partial charge < -0.3 is 20.4 Å². The first-order valence-electron chi connectivity index (χ1n) is 10.6. The maximum Gasteiger partial charge on any atom is 0.249 e. The van der Waals surface area contributed by atoms with Crippen LogP contribution in [0.25, 0.3) is 0 Å². The summed E-state index contributed by atoms with van der Waals surface area (Å²) < 4.78 is 0. The fourth-order valence-electron chi connectivity index (χ4n) is 4.02. The van der Waals surface area contributed by atoms with Gasteiger partial charge in [-0.2, -0.15) is 0 Å². The van der Waals surface area contributed by atoms with Gasteiger partial charge in [-0.1, -0.05) is 65.3 Å². The average Bonchev–Trinajstić information content (AvgIpc) is 2.66. The highest BCUT2D eigenvalue weighted by molar-refractivity contribution is 6.30.